The molecule has 4 aromatic heterocycles. The number of nitrogens with one attached hydrogen (secondary N) is 4. The molecule has 2 atom stereocenters. The maximum absolute atomic E-state index is 11.9. The SMILES string of the molecule is CC(OC(=O)OCCCCOON=O)N1CCN=C1Nc1ccc2nccnc2c1Br.CC(OC(=O)OCCOCCO[N+](=O)[O-])N1CCN=C1Nc1ccc2nccnc2c1Br.O=C(OCCCO[N+](=O)[O-])OCN1CCN=C1Nc1ccc2nccnc2c1Br.O=NOOCCCCOC(=O)OCN1CCN=C1Nc1ccc2nccnc2c1Br. The number of guanidine groups is 4. The Morgan fingerprint density at radius 2 is 0.721 bits per heavy atom. The molecule has 0 saturated heterocycles. The molecule has 12 rings (SSSR count). The average molecular weight is 1960 g/mol. The van der Waals surface area contributed by atoms with E-state index in [4.69, 9.17) is 42.6 Å². The lowest BCUT2D eigenvalue weighted by atomic mass is 10.2. The first-order valence-electron chi connectivity index (χ1n) is 36.8. The van der Waals surface area contributed by atoms with Gasteiger partial charge in [-0.3, -0.25) is 59.8 Å². The highest BCUT2D eigenvalue weighted by atomic mass is 79.9. The van der Waals surface area contributed by atoms with Gasteiger partial charge in [-0.15, -0.1) is 30.0 Å². The van der Waals surface area contributed by atoms with E-state index in [0.717, 1.165) is 73.7 Å². The van der Waals surface area contributed by atoms with Crippen LogP contribution in [0, 0.1) is 30.0 Å². The monoisotopic (exact) mass is 1960 g/mol. The molecule has 49 nitrogen and oxygen atoms in total. The molecule has 0 saturated carbocycles. The fourth-order valence-corrected chi connectivity index (χ4v) is 12.9. The molecule has 53 heteroatoms. The van der Waals surface area contributed by atoms with E-state index in [1.54, 1.807) is 78.1 Å². The van der Waals surface area contributed by atoms with Crippen LogP contribution in [-0.2, 0) is 72.1 Å². The van der Waals surface area contributed by atoms with Gasteiger partial charge in [0.25, 0.3) is 10.2 Å². The van der Waals surface area contributed by atoms with Gasteiger partial charge in [0.2, 0.25) is 23.8 Å². The van der Waals surface area contributed by atoms with Gasteiger partial charge in [-0.25, -0.2) is 19.2 Å². The molecule has 0 aliphatic carbocycles. The van der Waals surface area contributed by atoms with Crippen molar-refractivity contribution in [3.8, 4) is 0 Å². The van der Waals surface area contributed by atoms with Crippen molar-refractivity contribution in [1.82, 2.24) is 59.5 Å². The second-order valence-electron chi connectivity index (χ2n) is 24.5. The molecule has 0 bridgehead atoms. The highest BCUT2D eigenvalue weighted by molar-refractivity contribution is 9.11. The summed E-state index contributed by atoms with van der Waals surface area (Å²) in [5, 5.41) is 35.3. The van der Waals surface area contributed by atoms with Gasteiger partial charge in [-0.05, 0) is 152 Å². The molecule has 8 aromatic rings. The van der Waals surface area contributed by atoms with Crippen LogP contribution in [0.3, 0.4) is 0 Å². The highest BCUT2D eigenvalue weighted by Gasteiger charge is 2.30. The normalized spacial score (nSPS) is 13.6. The maximum Gasteiger partial charge on any atom is 0.510 e. The van der Waals surface area contributed by atoms with Crippen LogP contribution in [0.4, 0.5) is 41.9 Å². The second kappa shape index (κ2) is 50.5. The van der Waals surface area contributed by atoms with Crippen LogP contribution in [0.2, 0.25) is 0 Å². The quantitative estimate of drug-likeness (QED) is 0.00531. The number of halogens is 4. The number of rotatable bonds is 38. The van der Waals surface area contributed by atoms with E-state index >= 15 is 0 Å². The lowest BCUT2D eigenvalue weighted by Crippen LogP contribution is -2.42. The molecule has 4 aliphatic heterocycles. The summed E-state index contributed by atoms with van der Waals surface area (Å²) in [6.07, 6.45) is 10.7. The molecule has 0 radical (unpaired) electrons. The summed E-state index contributed by atoms with van der Waals surface area (Å²) in [5.74, 6) is 2.24. The number of hydrogen-bond donors (Lipinski definition) is 4. The molecule has 0 amide bonds. The minimum Gasteiger partial charge on any atom is -0.434 e. The summed E-state index contributed by atoms with van der Waals surface area (Å²) in [6.45, 7) is 8.15. The lowest BCUT2D eigenvalue weighted by molar-refractivity contribution is -0.758. The van der Waals surface area contributed by atoms with Crippen LogP contribution in [0.15, 0.2) is 147 Å². The number of ether oxygens (including phenoxy) is 9. The number of carbonyl (C=O) groups excluding carboxylic acids is 4. The standard InChI is InChI=1S/C18H21BrN6O7.C18H21BrN6O6.C17H19BrN6O6.C16H17BrN6O6/c1-12(32-18(26)30-10-8-29-9-11-31-25(27)28)24-7-6-22-17(24)23-13-2-3-14-16(15(13)19)21-5-4-20-14;1-12(30-18(26)28-10-2-3-11-29-31-24-27)25-9-8-22-17(25)23-13-4-5-14-16(15(13)19)21-7-6-20-14;18-14-12(3-4-13-15(14)20-6-5-19-13)22-16-21-7-8-24(16)11-28-17(25)27-9-1-2-10-29-30-23-26;17-13-11(2-3-12-14(13)19-5-4-18-12)21-15-20-6-7-22(15)10-28-16(24)27-8-1-9-29-23(25)26/h2-5,12H,6-11H2,1H3,(H,22,23);4-7,12H,2-3,8-11H2,1H3,(H,22,23);3-6H,1-2,7-11H2,(H,21,22);2-5H,1,6-10H2,(H,20,21). The molecule has 4 aliphatic rings. The summed E-state index contributed by atoms with van der Waals surface area (Å²) in [7, 11) is 0. The van der Waals surface area contributed by atoms with Crippen LogP contribution in [-0.4, -0.2) is 262 Å². The Morgan fingerprint density at radius 3 is 1.11 bits per heavy atom. The van der Waals surface area contributed by atoms with Gasteiger partial charge >= 0.3 is 24.6 Å². The van der Waals surface area contributed by atoms with Crippen molar-refractivity contribution in [2.75, 3.05) is 153 Å². The number of fused-ring (bicyclic) bond motifs is 4. The Morgan fingerprint density at radius 1 is 0.402 bits per heavy atom. The minimum atomic E-state index is -0.907. The largest absolute Gasteiger partial charge is 0.510 e. The molecule has 652 valence electrons. The third-order valence-corrected chi connectivity index (χ3v) is 19.6. The second-order valence-corrected chi connectivity index (χ2v) is 27.6. The van der Waals surface area contributed by atoms with Gasteiger partial charge < -0.3 is 93.2 Å². The van der Waals surface area contributed by atoms with Crippen LogP contribution in [0.25, 0.3) is 44.1 Å². The number of hydrogen-bond acceptors (Lipinski definition) is 47. The molecular weight excluding hydrogens is 1880 g/mol. The first-order chi connectivity index (χ1) is 59.3. The van der Waals surface area contributed by atoms with E-state index in [1.165, 1.54) is 0 Å². The van der Waals surface area contributed by atoms with E-state index in [1.807, 2.05) is 53.4 Å². The molecule has 0 spiro atoms. The first kappa shape index (κ1) is 93.3. The summed E-state index contributed by atoms with van der Waals surface area (Å²) in [5.41, 5.74) is 8.96. The third kappa shape index (κ3) is 30.0. The van der Waals surface area contributed by atoms with Crippen molar-refractivity contribution in [1.29, 1.82) is 0 Å². The maximum atomic E-state index is 11.9. The first-order valence-corrected chi connectivity index (χ1v) is 39.9. The number of nitrogens with zero attached hydrogens (tertiary/aromatic N) is 20. The molecule has 4 N–H and O–H groups in total. The van der Waals surface area contributed by atoms with Crippen molar-refractivity contribution in [3.63, 3.8) is 0 Å². The number of anilines is 4. The molecule has 122 heavy (non-hydrogen) atoms. The fourth-order valence-electron chi connectivity index (χ4n) is 10.8. The van der Waals surface area contributed by atoms with E-state index in [2.05, 4.69) is 185 Å². The number of aliphatic imine (C=N–C) groups is 4. The van der Waals surface area contributed by atoms with Crippen molar-refractivity contribution in [2.45, 2.75) is 58.4 Å². The number of unbranched alkanes of at least 4 members (excludes halogenated alkanes) is 2. The van der Waals surface area contributed by atoms with Gasteiger partial charge in [0.05, 0.1) is 142 Å². The fraction of sp³-hybridized carbons (Fsp3) is 0.420. The van der Waals surface area contributed by atoms with Crippen LogP contribution < -0.4 is 21.3 Å². The van der Waals surface area contributed by atoms with Crippen LogP contribution in [0.1, 0.15) is 46.0 Å². The summed E-state index contributed by atoms with van der Waals surface area (Å²) in [4.78, 5) is 171. The molecule has 8 heterocycles. The Balaban J connectivity index is 0.000000185. The average Bonchev–Trinajstić information content (AvgIpc) is 1.31. The molecule has 0 fully saturated rings. The van der Waals surface area contributed by atoms with Crippen LogP contribution in [0.5, 0.6) is 0 Å². The Labute approximate surface area is 724 Å². The van der Waals surface area contributed by atoms with E-state index < -0.39 is 47.3 Å². The zero-order chi connectivity index (χ0) is 86.8. The van der Waals surface area contributed by atoms with Crippen molar-refractivity contribution >= 4 is 179 Å². The van der Waals surface area contributed by atoms with Crippen molar-refractivity contribution < 1.29 is 101 Å². The summed E-state index contributed by atoms with van der Waals surface area (Å²) < 4.78 is 48.7. The Kier molecular flexibility index (Phi) is 38.6. The summed E-state index contributed by atoms with van der Waals surface area (Å²) >= 11 is 14.2. The smallest absolute Gasteiger partial charge is 0.434 e. The van der Waals surface area contributed by atoms with Crippen LogP contribution >= 0.6 is 63.7 Å². The number of aromatic nitrogens is 8. The Bertz CT molecular complexity index is 4990. The number of benzene rings is 4. The van der Waals surface area contributed by atoms with Crippen molar-refractivity contribution in [3.05, 3.63) is 146 Å². The number of carbonyl (C=O) groups is 4. The predicted octanol–water partition coefficient (Wildman–Crippen LogP) is 10.8. The van der Waals surface area contributed by atoms with E-state index in [0.29, 0.717) is 113 Å². The van der Waals surface area contributed by atoms with Gasteiger partial charge in [-0.2, -0.15) is 19.8 Å². The lowest BCUT2D eigenvalue weighted by Gasteiger charge is -2.27. The van der Waals surface area contributed by atoms with Gasteiger partial charge in [-0.1, -0.05) is 0 Å². The Hall–Kier alpha value is -12.6. The molecular formula is C69H78Br4N24O25. The summed E-state index contributed by atoms with van der Waals surface area (Å²) in [6, 6.07) is 14.9. The van der Waals surface area contributed by atoms with Gasteiger partial charge in [0.15, 0.2) is 36.6 Å². The van der Waals surface area contributed by atoms with E-state index in [-0.39, 0.29) is 86.0 Å². The highest BCUT2D eigenvalue weighted by Crippen LogP contribution is 2.34. The predicted molar refractivity (Wildman–Crippen MR) is 443 cm³/mol. The zero-order valence-electron chi connectivity index (χ0n) is 64.7. The van der Waals surface area contributed by atoms with E-state index in [9.17, 15) is 49.2 Å². The zero-order valence-corrected chi connectivity index (χ0v) is 71.1. The third-order valence-electron chi connectivity index (χ3n) is 16.4. The molecule has 2 unspecified atom stereocenters. The topological polar surface area (TPSA) is 566 Å². The minimum absolute atomic E-state index is 0.00235. The van der Waals surface area contributed by atoms with Gasteiger partial charge in [0.1, 0.15) is 35.3 Å². The van der Waals surface area contributed by atoms with Gasteiger partial charge in [0, 0.05) is 82.2 Å². The van der Waals surface area contributed by atoms with Crippen molar-refractivity contribution in [2.24, 2.45) is 30.6 Å². The molecule has 4 aromatic carbocycles.